The molecule has 0 unspecified atom stereocenters. The van der Waals surface area contributed by atoms with Crippen molar-refractivity contribution in [1.82, 2.24) is 0 Å². The van der Waals surface area contributed by atoms with Crippen LogP contribution in [0.2, 0.25) is 0 Å². The second-order valence-corrected chi connectivity index (χ2v) is 6.33. The van der Waals surface area contributed by atoms with Gasteiger partial charge in [0.1, 0.15) is 13.2 Å². The molecule has 2 aromatic rings. The molecule has 1 aliphatic heterocycles. The summed E-state index contributed by atoms with van der Waals surface area (Å²) in [4.78, 5) is 24.4. The summed E-state index contributed by atoms with van der Waals surface area (Å²) >= 11 is 0. The third-order valence-electron chi connectivity index (χ3n) is 4.26. The maximum atomic E-state index is 12.2. The lowest BCUT2D eigenvalue weighted by atomic mass is 10.1. The molecule has 0 saturated carbocycles. The first-order chi connectivity index (χ1) is 13.0. The van der Waals surface area contributed by atoms with Gasteiger partial charge in [-0.05, 0) is 48.7 Å². The first-order valence-corrected chi connectivity index (χ1v) is 9.03. The summed E-state index contributed by atoms with van der Waals surface area (Å²) < 4.78 is 16.2. The molecule has 27 heavy (non-hydrogen) atoms. The number of benzene rings is 2. The molecule has 1 amide bonds. The zero-order chi connectivity index (χ0) is 19.2. The summed E-state index contributed by atoms with van der Waals surface area (Å²) in [6, 6.07) is 12.9. The lowest BCUT2D eigenvalue weighted by molar-refractivity contribution is -0.152. The lowest BCUT2D eigenvalue weighted by Gasteiger charge is -2.19. The Morgan fingerprint density at radius 1 is 1.04 bits per heavy atom. The van der Waals surface area contributed by atoms with E-state index in [0.29, 0.717) is 30.4 Å². The summed E-state index contributed by atoms with van der Waals surface area (Å²) in [5.41, 5.74) is 2.60. The van der Waals surface area contributed by atoms with Gasteiger partial charge in [0.25, 0.3) is 5.91 Å². The fourth-order valence-electron chi connectivity index (χ4n) is 2.72. The van der Waals surface area contributed by atoms with Crippen LogP contribution in [0.1, 0.15) is 25.0 Å². The van der Waals surface area contributed by atoms with Crippen molar-refractivity contribution in [3.8, 4) is 11.5 Å². The third-order valence-corrected chi connectivity index (χ3v) is 4.26. The molecular formula is C21H23NO5. The van der Waals surface area contributed by atoms with Crippen molar-refractivity contribution in [2.45, 2.75) is 32.8 Å². The van der Waals surface area contributed by atoms with E-state index in [2.05, 4.69) is 12.2 Å². The fraction of sp³-hybridized carbons (Fsp3) is 0.333. The van der Waals surface area contributed by atoms with E-state index in [1.807, 2.05) is 24.3 Å². The Balaban J connectivity index is 1.52. The Hall–Kier alpha value is -3.02. The first-order valence-electron chi connectivity index (χ1n) is 9.03. The molecule has 0 fully saturated rings. The minimum absolute atomic E-state index is 0.0550. The molecule has 0 bridgehead atoms. The van der Waals surface area contributed by atoms with Gasteiger partial charge >= 0.3 is 5.97 Å². The molecule has 0 aromatic heterocycles. The number of fused-ring (bicyclic) bond motifs is 1. The van der Waals surface area contributed by atoms with Gasteiger partial charge in [-0.2, -0.15) is 0 Å². The third kappa shape index (κ3) is 5.00. The summed E-state index contributed by atoms with van der Waals surface area (Å²) in [5, 5.41) is 2.75. The fourth-order valence-corrected chi connectivity index (χ4v) is 2.72. The Kier molecular flexibility index (Phi) is 5.96. The Bertz CT molecular complexity index is 816. The number of hydrogen-bond acceptors (Lipinski definition) is 5. The molecule has 0 saturated heterocycles. The number of carbonyl (C=O) groups is 2. The SMILES string of the molecule is CCc1ccc(NC(=O)[C@H](C)OC(=O)Cc2ccc3c(c2)OCCO3)cc1. The van der Waals surface area contributed by atoms with E-state index in [1.54, 1.807) is 25.1 Å². The molecule has 1 heterocycles. The standard InChI is InChI=1S/C21H23NO5/c1-3-15-4-7-17(8-5-15)22-21(24)14(2)27-20(23)13-16-6-9-18-19(12-16)26-11-10-25-18/h4-9,12,14H,3,10-11,13H2,1-2H3,(H,22,24)/t14-/m0/s1. The van der Waals surface area contributed by atoms with Crippen LogP contribution >= 0.6 is 0 Å². The van der Waals surface area contributed by atoms with Gasteiger partial charge in [0.05, 0.1) is 6.42 Å². The van der Waals surface area contributed by atoms with E-state index in [4.69, 9.17) is 14.2 Å². The van der Waals surface area contributed by atoms with Crippen LogP contribution in [0.3, 0.4) is 0 Å². The Labute approximate surface area is 158 Å². The second kappa shape index (κ2) is 8.58. The van der Waals surface area contributed by atoms with Gasteiger partial charge in [0.15, 0.2) is 17.6 Å². The van der Waals surface area contributed by atoms with Crippen LogP contribution in [-0.4, -0.2) is 31.2 Å². The normalized spacial score (nSPS) is 13.6. The highest BCUT2D eigenvalue weighted by Gasteiger charge is 2.19. The van der Waals surface area contributed by atoms with Crippen LogP contribution in [0.4, 0.5) is 5.69 Å². The van der Waals surface area contributed by atoms with Crippen molar-refractivity contribution >= 4 is 17.6 Å². The van der Waals surface area contributed by atoms with Gasteiger partial charge in [-0.15, -0.1) is 0 Å². The van der Waals surface area contributed by atoms with Crippen molar-refractivity contribution in [2.24, 2.45) is 0 Å². The number of amides is 1. The Morgan fingerprint density at radius 3 is 2.41 bits per heavy atom. The highest BCUT2D eigenvalue weighted by molar-refractivity contribution is 5.95. The topological polar surface area (TPSA) is 73.9 Å². The van der Waals surface area contributed by atoms with Crippen molar-refractivity contribution in [3.63, 3.8) is 0 Å². The van der Waals surface area contributed by atoms with E-state index < -0.39 is 12.1 Å². The van der Waals surface area contributed by atoms with Crippen molar-refractivity contribution < 1.29 is 23.8 Å². The van der Waals surface area contributed by atoms with E-state index in [9.17, 15) is 9.59 Å². The second-order valence-electron chi connectivity index (χ2n) is 6.33. The van der Waals surface area contributed by atoms with E-state index in [-0.39, 0.29) is 12.3 Å². The number of carbonyl (C=O) groups excluding carboxylic acids is 2. The molecule has 1 aliphatic rings. The van der Waals surface area contributed by atoms with E-state index in [0.717, 1.165) is 12.0 Å². The first kappa shape index (κ1) is 18.8. The van der Waals surface area contributed by atoms with Crippen LogP contribution in [0, 0.1) is 0 Å². The number of ether oxygens (including phenoxy) is 3. The highest BCUT2D eigenvalue weighted by atomic mass is 16.6. The van der Waals surface area contributed by atoms with Crippen LogP contribution in [0.15, 0.2) is 42.5 Å². The van der Waals surface area contributed by atoms with E-state index in [1.165, 1.54) is 5.56 Å². The number of nitrogens with one attached hydrogen (secondary N) is 1. The molecule has 0 spiro atoms. The average molecular weight is 369 g/mol. The highest BCUT2D eigenvalue weighted by Crippen LogP contribution is 2.30. The summed E-state index contributed by atoms with van der Waals surface area (Å²) in [6.45, 7) is 4.62. The van der Waals surface area contributed by atoms with Gasteiger partial charge in [-0.3, -0.25) is 9.59 Å². The molecule has 142 valence electrons. The van der Waals surface area contributed by atoms with Crippen molar-refractivity contribution in [2.75, 3.05) is 18.5 Å². The molecule has 3 rings (SSSR count). The van der Waals surface area contributed by atoms with Gasteiger partial charge in [-0.1, -0.05) is 25.1 Å². The summed E-state index contributed by atoms with van der Waals surface area (Å²) in [5.74, 6) is 0.443. The monoisotopic (exact) mass is 369 g/mol. The minimum Gasteiger partial charge on any atom is -0.486 e. The number of aryl methyl sites for hydroxylation is 1. The number of hydrogen-bond donors (Lipinski definition) is 1. The van der Waals surface area contributed by atoms with Gasteiger partial charge < -0.3 is 19.5 Å². The van der Waals surface area contributed by atoms with Crippen molar-refractivity contribution in [1.29, 1.82) is 0 Å². The molecule has 0 aliphatic carbocycles. The molecule has 1 atom stereocenters. The zero-order valence-corrected chi connectivity index (χ0v) is 15.5. The van der Waals surface area contributed by atoms with Crippen LogP contribution in [0.25, 0.3) is 0 Å². The quantitative estimate of drug-likeness (QED) is 0.792. The number of anilines is 1. The smallest absolute Gasteiger partial charge is 0.311 e. The molecule has 2 aromatic carbocycles. The average Bonchev–Trinajstić information content (AvgIpc) is 2.68. The summed E-state index contributed by atoms with van der Waals surface area (Å²) in [6.07, 6.45) is 0.0993. The molecule has 1 N–H and O–H groups in total. The van der Waals surface area contributed by atoms with Gasteiger partial charge in [-0.25, -0.2) is 0 Å². The van der Waals surface area contributed by atoms with Crippen LogP contribution in [-0.2, 0) is 27.2 Å². The van der Waals surface area contributed by atoms with Crippen LogP contribution < -0.4 is 14.8 Å². The van der Waals surface area contributed by atoms with Gasteiger partial charge in [0, 0.05) is 5.69 Å². The van der Waals surface area contributed by atoms with Crippen molar-refractivity contribution in [3.05, 3.63) is 53.6 Å². The van der Waals surface area contributed by atoms with Gasteiger partial charge in [0.2, 0.25) is 0 Å². The lowest BCUT2D eigenvalue weighted by Crippen LogP contribution is -2.30. The largest absolute Gasteiger partial charge is 0.486 e. The molecule has 6 nitrogen and oxygen atoms in total. The molecule has 6 heteroatoms. The minimum atomic E-state index is -0.888. The number of rotatable bonds is 6. The Morgan fingerprint density at radius 2 is 1.70 bits per heavy atom. The van der Waals surface area contributed by atoms with Crippen LogP contribution in [0.5, 0.6) is 11.5 Å². The molecule has 0 radical (unpaired) electrons. The predicted molar refractivity (Wildman–Crippen MR) is 101 cm³/mol. The predicted octanol–water partition coefficient (Wildman–Crippen LogP) is 3.13. The maximum absolute atomic E-state index is 12.2. The maximum Gasteiger partial charge on any atom is 0.311 e. The zero-order valence-electron chi connectivity index (χ0n) is 15.5. The summed E-state index contributed by atoms with van der Waals surface area (Å²) in [7, 11) is 0. The number of esters is 1. The molecular weight excluding hydrogens is 346 g/mol. The van der Waals surface area contributed by atoms with E-state index >= 15 is 0 Å².